The van der Waals surface area contributed by atoms with Gasteiger partial charge in [0.2, 0.25) is 0 Å². The molecule has 0 spiro atoms. The second kappa shape index (κ2) is 7.12. The smallest absolute Gasteiger partial charge is 0.409 e. The number of rotatable bonds is 3. The minimum absolute atomic E-state index is 0.211. The number of carbonyl (C=O) groups is 2. The van der Waals surface area contributed by atoms with Crippen LogP contribution >= 0.6 is 0 Å². The Morgan fingerprint density at radius 3 is 2.67 bits per heavy atom. The average Bonchev–Trinajstić information content (AvgIpc) is 3.12. The zero-order chi connectivity index (χ0) is 16.9. The monoisotopic (exact) mass is 330 g/mol. The molecule has 8 heteroatoms. The van der Waals surface area contributed by atoms with Gasteiger partial charge in [-0.2, -0.15) is 0 Å². The maximum absolute atomic E-state index is 12.5. The van der Waals surface area contributed by atoms with Gasteiger partial charge >= 0.3 is 6.09 Å². The van der Waals surface area contributed by atoms with Gasteiger partial charge < -0.3 is 19.1 Å². The summed E-state index contributed by atoms with van der Waals surface area (Å²) in [5, 5.41) is 3.85. The minimum Gasteiger partial charge on any atom is -0.450 e. The van der Waals surface area contributed by atoms with Gasteiger partial charge in [-0.15, -0.1) is 0 Å². The average molecular weight is 330 g/mol. The van der Waals surface area contributed by atoms with Gasteiger partial charge in [0.1, 0.15) is 0 Å². The molecule has 3 heterocycles. The summed E-state index contributed by atoms with van der Waals surface area (Å²) >= 11 is 0. The first-order chi connectivity index (χ1) is 11.7. The highest BCUT2D eigenvalue weighted by molar-refractivity contribution is 5.93. The third kappa shape index (κ3) is 3.37. The number of hydrogen-bond acceptors (Lipinski definition) is 6. The molecule has 126 valence electrons. The van der Waals surface area contributed by atoms with E-state index >= 15 is 0 Å². The molecule has 0 aliphatic carbocycles. The summed E-state index contributed by atoms with van der Waals surface area (Å²) < 4.78 is 10.2. The molecule has 1 saturated heterocycles. The lowest BCUT2D eigenvalue weighted by molar-refractivity contribution is 0.0562. The third-order valence-corrected chi connectivity index (χ3v) is 3.77. The molecule has 1 aliphatic rings. The minimum atomic E-state index is -0.343. The van der Waals surface area contributed by atoms with Crippen LogP contribution in [-0.2, 0) is 4.74 Å². The Kier molecular flexibility index (Phi) is 4.74. The van der Waals surface area contributed by atoms with Crippen molar-refractivity contribution in [2.24, 2.45) is 0 Å². The van der Waals surface area contributed by atoms with Gasteiger partial charge in [-0.1, -0.05) is 5.16 Å². The molecule has 1 aliphatic heterocycles. The second-order valence-electron chi connectivity index (χ2n) is 5.30. The lowest BCUT2D eigenvalue weighted by atomic mass is 10.2. The highest BCUT2D eigenvalue weighted by atomic mass is 16.6. The SMILES string of the molecule is CCOC(=O)N1CCN(C(=O)c2cc(-c3cccnc3)on2)CC1. The van der Waals surface area contributed by atoms with E-state index in [4.69, 9.17) is 9.26 Å². The summed E-state index contributed by atoms with van der Waals surface area (Å²) in [5.74, 6) is 0.286. The molecular formula is C16H18N4O4. The molecule has 0 bridgehead atoms. The topological polar surface area (TPSA) is 88.8 Å². The molecule has 1 fully saturated rings. The largest absolute Gasteiger partial charge is 0.450 e. The van der Waals surface area contributed by atoms with Crippen molar-refractivity contribution in [1.82, 2.24) is 19.9 Å². The molecule has 0 radical (unpaired) electrons. The van der Waals surface area contributed by atoms with E-state index in [1.807, 2.05) is 6.07 Å². The summed E-state index contributed by atoms with van der Waals surface area (Å²) in [5.41, 5.74) is 1.01. The third-order valence-electron chi connectivity index (χ3n) is 3.77. The van der Waals surface area contributed by atoms with Crippen LogP contribution in [0.15, 0.2) is 35.1 Å². The molecule has 2 aromatic heterocycles. The van der Waals surface area contributed by atoms with E-state index in [9.17, 15) is 9.59 Å². The molecule has 24 heavy (non-hydrogen) atoms. The maximum Gasteiger partial charge on any atom is 0.409 e. The predicted molar refractivity (Wildman–Crippen MR) is 84.2 cm³/mol. The van der Waals surface area contributed by atoms with Crippen molar-refractivity contribution >= 4 is 12.0 Å². The van der Waals surface area contributed by atoms with Crippen molar-refractivity contribution in [3.8, 4) is 11.3 Å². The highest BCUT2D eigenvalue weighted by Gasteiger charge is 2.27. The molecule has 0 atom stereocenters. The summed E-state index contributed by atoms with van der Waals surface area (Å²) in [4.78, 5) is 31.4. The molecule has 0 saturated carbocycles. The quantitative estimate of drug-likeness (QED) is 0.850. The fraction of sp³-hybridized carbons (Fsp3) is 0.375. The Hall–Kier alpha value is -2.90. The maximum atomic E-state index is 12.5. The van der Waals surface area contributed by atoms with E-state index < -0.39 is 0 Å². The van der Waals surface area contributed by atoms with Gasteiger partial charge in [-0.3, -0.25) is 9.78 Å². The van der Waals surface area contributed by atoms with Crippen molar-refractivity contribution < 1.29 is 18.8 Å². The summed E-state index contributed by atoms with van der Waals surface area (Å²) in [6, 6.07) is 5.23. The summed E-state index contributed by atoms with van der Waals surface area (Å²) in [6.45, 7) is 3.87. The van der Waals surface area contributed by atoms with Gasteiger partial charge in [0.05, 0.1) is 6.61 Å². The van der Waals surface area contributed by atoms with Crippen molar-refractivity contribution in [1.29, 1.82) is 0 Å². The van der Waals surface area contributed by atoms with E-state index in [0.717, 1.165) is 5.56 Å². The summed E-state index contributed by atoms with van der Waals surface area (Å²) in [7, 11) is 0. The van der Waals surface area contributed by atoms with Crippen LogP contribution in [0.2, 0.25) is 0 Å². The second-order valence-corrected chi connectivity index (χ2v) is 5.30. The number of carbonyl (C=O) groups excluding carboxylic acids is 2. The van der Waals surface area contributed by atoms with Crippen LogP contribution in [0.3, 0.4) is 0 Å². The van der Waals surface area contributed by atoms with Crippen LogP contribution in [0.4, 0.5) is 4.79 Å². The number of ether oxygens (including phenoxy) is 1. The van der Waals surface area contributed by atoms with E-state index in [0.29, 0.717) is 38.5 Å². The van der Waals surface area contributed by atoms with Crippen LogP contribution in [0, 0.1) is 0 Å². The fourth-order valence-electron chi connectivity index (χ4n) is 2.49. The number of aromatic nitrogens is 2. The van der Waals surface area contributed by atoms with Crippen molar-refractivity contribution in [3.05, 3.63) is 36.3 Å². The van der Waals surface area contributed by atoms with Crippen LogP contribution in [-0.4, -0.2) is 64.7 Å². The van der Waals surface area contributed by atoms with Crippen LogP contribution in [0.1, 0.15) is 17.4 Å². The Bertz CT molecular complexity index is 708. The fourth-order valence-corrected chi connectivity index (χ4v) is 2.49. The molecule has 8 nitrogen and oxygen atoms in total. The van der Waals surface area contributed by atoms with Gasteiger partial charge in [0.25, 0.3) is 5.91 Å². The molecule has 0 unspecified atom stereocenters. The standard InChI is InChI=1S/C16H18N4O4/c1-2-23-16(22)20-8-6-19(7-9-20)15(21)13-10-14(24-18-13)12-4-3-5-17-11-12/h3-5,10-11H,2,6-9H2,1H3. The lowest BCUT2D eigenvalue weighted by Crippen LogP contribution is -2.50. The van der Waals surface area contributed by atoms with Crippen molar-refractivity contribution in [3.63, 3.8) is 0 Å². The van der Waals surface area contributed by atoms with Crippen LogP contribution in [0.25, 0.3) is 11.3 Å². The Balaban J connectivity index is 1.62. The normalized spacial score (nSPS) is 14.5. The molecule has 3 rings (SSSR count). The first kappa shape index (κ1) is 16.0. The van der Waals surface area contributed by atoms with Crippen LogP contribution < -0.4 is 0 Å². The van der Waals surface area contributed by atoms with Crippen molar-refractivity contribution in [2.75, 3.05) is 32.8 Å². The zero-order valence-corrected chi connectivity index (χ0v) is 13.3. The Morgan fingerprint density at radius 2 is 2.00 bits per heavy atom. The molecule has 2 aromatic rings. The number of amides is 2. The van der Waals surface area contributed by atoms with Crippen molar-refractivity contribution in [2.45, 2.75) is 6.92 Å². The van der Waals surface area contributed by atoms with Gasteiger partial charge in [-0.25, -0.2) is 4.79 Å². The molecule has 0 aromatic carbocycles. The van der Waals surface area contributed by atoms with Gasteiger partial charge in [0, 0.05) is 50.2 Å². The number of piperazine rings is 1. The number of pyridine rings is 1. The highest BCUT2D eigenvalue weighted by Crippen LogP contribution is 2.20. The van der Waals surface area contributed by atoms with E-state index in [1.54, 1.807) is 41.2 Å². The number of hydrogen-bond donors (Lipinski definition) is 0. The summed E-state index contributed by atoms with van der Waals surface area (Å²) in [6.07, 6.45) is 2.96. The Labute approximate surface area is 139 Å². The first-order valence-corrected chi connectivity index (χ1v) is 7.77. The van der Waals surface area contributed by atoms with Gasteiger partial charge in [0.15, 0.2) is 11.5 Å². The lowest BCUT2D eigenvalue weighted by Gasteiger charge is -2.33. The first-order valence-electron chi connectivity index (χ1n) is 7.77. The Morgan fingerprint density at radius 1 is 1.25 bits per heavy atom. The molecule has 2 amide bonds. The number of nitrogens with zero attached hydrogens (tertiary/aromatic N) is 4. The molecule has 0 N–H and O–H groups in total. The van der Waals surface area contributed by atoms with Crippen LogP contribution in [0.5, 0.6) is 0 Å². The van der Waals surface area contributed by atoms with Gasteiger partial charge in [-0.05, 0) is 19.1 Å². The zero-order valence-electron chi connectivity index (χ0n) is 13.3. The predicted octanol–water partition coefficient (Wildman–Crippen LogP) is 1.65. The van der Waals surface area contributed by atoms with E-state index in [2.05, 4.69) is 10.1 Å². The molecular weight excluding hydrogens is 312 g/mol. The van der Waals surface area contributed by atoms with E-state index in [-0.39, 0.29) is 17.7 Å². The van der Waals surface area contributed by atoms with E-state index in [1.165, 1.54) is 0 Å².